The number of hydrogen-bond donors (Lipinski definition) is 0. The van der Waals surface area contributed by atoms with Gasteiger partial charge in [-0.15, -0.1) is 4.68 Å². The molecule has 0 atom stereocenters. The Labute approximate surface area is 153 Å². The van der Waals surface area contributed by atoms with Gasteiger partial charge in [0.15, 0.2) is 0 Å². The van der Waals surface area contributed by atoms with Gasteiger partial charge in [-0.05, 0) is 29.3 Å². The molecule has 0 saturated carbocycles. The van der Waals surface area contributed by atoms with Gasteiger partial charge in [-0.2, -0.15) is 4.57 Å². The molecule has 0 aliphatic carbocycles. The van der Waals surface area contributed by atoms with Crippen molar-refractivity contribution in [1.29, 1.82) is 0 Å². The average Bonchev–Trinajstić information content (AvgIpc) is 3.11. The Bertz CT molecular complexity index is 988. The summed E-state index contributed by atoms with van der Waals surface area (Å²) >= 11 is 0. The molecular formula is C23H20N3+. The molecule has 4 aromatic rings. The molecule has 26 heavy (non-hydrogen) atoms. The zero-order valence-electron chi connectivity index (χ0n) is 14.4. The normalized spacial score (nSPS) is 11.1. The van der Waals surface area contributed by atoms with E-state index in [1.807, 2.05) is 53.5 Å². The molecule has 0 spiro atoms. The van der Waals surface area contributed by atoms with Crippen LogP contribution < -0.4 is 4.57 Å². The summed E-state index contributed by atoms with van der Waals surface area (Å²) in [5.74, 6) is 0.899. The molecule has 1 heterocycles. The molecule has 0 unspecified atom stereocenters. The van der Waals surface area contributed by atoms with E-state index in [0.29, 0.717) is 0 Å². The van der Waals surface area contributed by atoms with E-state index in [1.54, 1.807) is 0 Å². The van der Waals surface area contributed by atoms with Gasteiger partial charge < -0.3 is 0 Å². The van der Waals surface area contributed by atoms with Crippen molar-refractivity contribution in [2.75, 3.05) is 0 Å². The lowest BCUT2D eigenvalue weighted by Gasteiger charge is -1.97. The molecule has 0 aliphatic rings. The molecule has 0 saturated heterocycles. The van der Waals surface area contributed by atoms with Crippen molar-refractivity contribution < 1.29 is 4.57 Å². The van der Waals surface area contributed by atoms with E-state index in [-0.39, 0.29) is 0 Å². The molecule has 1 aromatic heterocycles. The molecule has 0 amide bonds. The molecule has 0 fully saturated rings. The molecule has 0 bridgehead atoms. The lowest BCUT2D eigenvalue weighted by atomic mass is 10.2. The maximum atomic E-state index is 4.79. The van der Waals surface area contributed by atoms with Crippen molar-refractivity contribution in [1.82, 2.24) is 9.78 Å². The summed E-state index contributed by atoms with van der Waals surface area (Å²) in [4.78, 5) is 0. The van der Waals surface area contributed by atoms with Gasteiger partial charge in [0, 0.05) is 11.2 Å². The fourth-order valence-electron chi connectivity index (χ4n) is 2.88. The lowest BCUT2D eigenvalue weighted by Crippen LogP contribution is -2.31. The first kappa shape index (κ1) is 16.0. The number of benzene rings is 3. The van der Waals surface area contributed by atoms with Crippen LogP contribution in [0.15, 0.2) is 97.3 Å². The van der Waals surface area contributed by atoms with Crippen LogP contribution in [0.2, 0.25) is 0 Å². The number of hydrogen-bond acceptors (Lipinski definition) is 1. The van der Waals surface area contributed by atoms with Crippen molar-refractivity contribution in [2.24, 2.45) is 0 Å². The Morgan fingerprint density at radius 3 is 2.04 bits per heavy atom. The molecule has 0 radical (unpaired) electrons. The van der Waals surface area contributed by atoms with Crippen LogP contribution in [-0.4, -0.2) is 9.78 Å². The van der Waals surface area contributed by atoms with E-state index in [2.05, 4.69) is 65.3 Å². The van der Waals surface area contributed by atoms with E-state index in [4.69, 9.17) is 5.10 Å². The third-order valence-electron chi connectivity index (χ3n) is 4.17. The molecule has 0 N–H and O–H groups in total. The van der Waals surface area contributed by atoms with E-state index in [0.717, 1.165) is 23.6 Å². The highest BCUT2D eigenvalue weighted by molar-refractivity contribution is 5.65. The van der Waals surface area contributed by atoms with Crippen LogP contribution in [0.4, 0.5) is 0 Å². The predicted octanol–water partition coefficient (Wildman–Crippen LogP) is 4.38. The maximum absolute atomic E-state index is 4.79. The topological polar surface area (TPSA) is 21.7 Å². The largest absolute Gasteiger partial charge is 0.306 e. The summed E-state index contributed by atoms with van der Waals surface area (Å²) in [6, 6.07) is 31.0. The van der Waals surface area contributed by atoms with Crippen LogP contribution in [0, 0.1) is 0 Å². The third-order valence-corrected chi connectivity index (χ3v) is 4.17. The highest BCUT2D eigenvalue weighted by atomic mass is 15.4. The summed E-state index contributed by atoms with van der Waals surface area (Å²) in [5, 5.41) is 4.79. The summed E-state index contributed by atoms with van der Waals surface area (Å²) in [7, 11) is 0. The van der Waals surface area contributed by atoms with Crippen LogP contribution in [0.3, 0.4) is 0 Å². The highest BCUT2D eigenvalue weighted by Gasteiger charge is 2.16. The molecule has 0 aliphatic heterocycles. The lowest BCUT2D eigenvalue weighted by molar-refractivity contribution is -0.598. The van der Waals surface area contributed by atoms with Crippen molar-refractivity contribution >= 4 is 12.2 Å². The molecule has 3 aromatic carbocycles. The first-order valence-electron chi connectivity index (χ1n) is 8.70. The standard InChI is InChI=1S/C23H20N3/c1-4-10-20(11-5-1)16-17-23-24-25(18-21-12-6-2-7-13-21)19-26(23)22-14-8-3-9-15-22/h1-17,19H,18H2/q+1. The monoisotopic (exact) mass is 338 g/mol. The van der Waals surface area contributed by atoms with Gasteiger partial charge >= 0.3 is 5.82 Å². The van der Waals surface area contributed by atoms with Crippen LogP contribution in [-0.2, 0) is 6.54 Å². The summed E-state index contributed by atoms with van der Waals surface area (Å²) < 4.78 is 4.09. The molecular weight excluding hydrogens is 318 g/mol. The first-order valence-corrected chi connectivity index (χ1v) is 8.70. The third kappa shape index (κ3) is 3.78. The quantitative estimate of drug-likeness (QED) is 0.495. The minimum atomic E-state index is 0.743. The first-order chi connectivity index (χ1) is 12.9. The minimum Gasteiger partial charge on any atom is -0.197 e. The Balaban J connectivity index is 1.70. The Kier molecular flexibility index (Phi) is 4.70. The summed E-state index contributed by atoms with van der Waals surface area (Å²) in [6.07, 6.45) is 6.20. The fourth-order valence-corrected chi connectivity index (χ4v) is 2.88. The van der Waals surface area contributed by atoms with Gasteiger partial charge in [-0.3, -0.25) is 0 Å². The van der Waals surface area contributed by atoms with Gasteiger partial charge in [0.1, 0.15) is 12.2 Å². The van der Waals surface area contributed by atoms with E-state index < -0.39 is 0 Å². The van der Waals surface area contributed by atoms with Gasteiger partial charge in [0.05, 0.1) is 0 Å². The molecule has 3 heteroatoms. The van der Waals surface area contributed by atoms with Gasteiger partial charge in [0.2, 0.25) is 6.33 Å². The Hall–Kier alpha value is -3.46. The SMILES string of the molecule is C(=Cc1nn(Cc2ccccc2)c[n+]1-c1ccccc1)c1ccccc1. The predicted molar refractivity (Wildman–Crippen MR) is 105 cm³/mol. The van der Waals surface area contributed by atoms with Gasteiger partial charge in [-0.1, -0.05) is 78.9 Å². The summed E-state index contributed by atoms with van der Waals surface area (Å²) in [5.41, 5.74) is 3.48. The van der Waals surface area contributed by atoms with E-state index in [1.165, 1.54) is 5.56 Å². The van der Waals surface area contributed by atoms with Gasteiger partial charge in [-0.25, -0.2) is 0 Å². The maximum Gasteiger partial charge on any atom is 0.306 e. The highest BCUT2D eigenvalue weighted by Crippen LogP contribution is 2.08. The fraction of sp³-hybridized carbons (Fsp3) is 0.0435. The van der Waals surface area contributed by atoms with Crippen LogP contribution in [0.1, 0.15) is 17.0 Å². The molecule has 126 valence electrons. The van der Waals surface area contributed by atoms with E-state index >= 15 is 0 Å². The Morgan fingerprint density at radius 2 is 1.35 bits per heavy atom. The number of rotatable bonds is 5. The van der Waals surface area contributed by atoms with Crippen LogP contribution >= 0.6 is 0 Å². The van der Waals surface area contributed by atoms with Crippen molar-refractivity contribution in [3.8, 4) is 5.69 Å². The van der Waals surface area contributed by atoms with Crippen molar-refractivity contribution in [3.63, 3.8) is 0 Å². The van der Waals surface area contributed by atoms with Crippen LogP contribution in [0.5, 0.6) is 0 Å². The second kappa shape index (κ2) is 7.62. The molecule has 3 nitrogen and oxygen atoms in total. The van der Waals surface area contributed by atoms with Gasteiger partial charge in [0.25, 0.3) is 0 Å². The Morgan fingerprint density at radius 1 is 0.731 bits per heavy atom. The zero-order chi connectivity index (χ0) is 17.6. The number of nitrogens with zero attached hydrogens (tertiary/aromatic N) is 3. The number of aromatic nitrogens is 3. The second-order valence-electron chi connectivity index (χ2n) is 6.11. The minimum absolute atomic E-state index is 0.743. The average molecular weight is 338 g/mol. The van der Waals surface area contributed by atoms with Crippen molar-refractivity contribution in [2.45, 2.75) is 6.54 Å². The zero-order valence-corrected chi connectivity index (χ0v) is 14.4. The van der Waals surface area contributed by atoms with Crippen molar-refractivity contribution in [3.05, 3.63) is 114 Å². The smallest absolute Gasteiger partial charge is 0.197 e. The van der Waals surface area contributed by atoms with Crippen LogP contribution in [0.25, 0.3) is 17.8 Å². The summed E-state index contributed by atoms with van der Waals surface area (Å²) in [6.45, 7) is 0.743. The van der Waals surface area contributed by atoms with E-state index in [9.17, 15) is 0 Å². The number of para-hydroxylation sites is 1. The molecule has 4 rings (SSSR count). The second-order valence-corrected chi connectivity index (χ2v) is 6.11.